The molecule has 0 radical (unpaired) electrons. The van der Waals surface area contributed by atoms with Gasteiger partial charge < -0.3 is 9.80 Å². The van der Waals surface area contributed by atoms with E-state index in [0.717, 1.165) is 22.7 Å². The molecule has 2 heteroatoms. The van der Waals surface area contributed by atoms with Crippen LogP contribution in [0.5, 0.6) is 0 Å². The number of benzene rings is 6. The maximum absolute atomic E-state index is 2.43. The Labute approximate surface area is 317 Å². The van der Waals surface area contributed by atoms with E-state index in [2.05, 4.69) is 228 Å². The van der Waals surface area contributed by atoms with Crippen LogP contribution in [0.25, 0.3) is 22.3 Å². The highest BCUT2D eigenvalue weighted by Gasteiger charge is 2.42. The molecule has 4 aliphatic rings. The molecule has 2 nitrogen and oxygen atoms in total. The van der Waals surface area contributed by atoms with E-state index >= 15 is 0 Å². The van der Waals surface area contributed by atoms with Crippen molar-refractivity contribution in [2.45, 2.75) is 0 Å². The zero-order chi connectivity index (χ0) is 35.8. The number of hydrogen-bond donors (Lipinski definition) is 0. The number of hydrogen-bond acceptors (Lipinski definition) is 2. The monoisotopic (exact) mass is 690 g/mol. The maximum Gasteiger partial charge on any atom is 0.0500 e. The second-order valence-electron chi connectivity index (χ2n) is 14.1. The molecule has 0 N–H and O–H groups in total. The molecule has 6 aromatic rings. The molecule has 10 rings (SSSR count). The van der Waals surface area contributed by atoms with Gasteiger partial charge in [-0.2, -0.15) is 0 Å². The topological polar surface area (TPSA) is 6.48 Å². The van der Waals surface area contributed by atoms with E-state index in [4.69, 9.17) is 0 Å². The van der Waals surface area contributed by atoms with Crippen molar-refractivity contribution in [3.05, 3.63) is 252 Å². The lowest BCUT2D eigenvalue weighted by atomic mass is 9.63. The van der Waals surface area contributed by atoms with Crippen molar-refractivity contribution >= 4 is 22.7 Å². The third kappa shape index (κ3) is 5.60. The summed E-state index contributed by atoms with van der Waals surface area (Å²) in [5, 5.41) is 0. The van der Waals surface area contributed by atoms with Crippen molar-refractivity contribution in [2.75, 3.05) is 9.80 Å². The number of allylic oxidation sites excluding steroid dienone is 12. The molecule has 0 saturated carbocycles. The Morgan fingerprint density at radius 1 is 0.315 bits per heavy atom. The van der Waals surface area contributed by atoms with Crippen LogP contribution in [0, 0.1) is 11.8 Å². The van der Waals surface area contributed by atoms with Crippen molar-refractivity contribution in [2.24, 2.45) is 11.8 Å². The first-order chi connectivity index (χ1) is 26.8. The summed E-state index contributed by atoms with van der Waals surface area (Å²) in [6.45, 7) is 0. The van der Waals surface area contributed by atoms with Gasteiger partial charge in [0.1, 0.15) is 0 Å². The highest BCUT2D eigenvalue weighted by Crippen LogP contribution is 2.54. The number of anilines is 4. The second kappa shape index (κ2) is 13.6. The summed E-state index contributed by atoms with van der Waals surface area (Å²) in [7, 11) is 0. The van der Waals surface area contributed by atoms with Gasteiger partial charge in [0.25, 0.3) is 0 Å². The minimum atomic E-state index is 0.192. The molecule has 4 aliphatic carbocycles. The molecule has 0 heterocycles. The van der Waals surface area contributed by atoms with E-state index in [1.54, 1.807) is 0 Å². The summed E-state index contributed by atoms with van der Waals surface area (Å²) in [4.78, 5) is 4.86. The quantitative estimate of drug-likeness (QED) is 0.157. The molecule has 0 bridgehead atoms. The number of nitrogens with zero attached hydrogens (tertiary/aromatic N) is 2. The van der Waals surface area contributed by atoms with Crippen molar-refractivity contribution in [1.29, 1.82) is 0 Å². The predicted molar refractivity (Wildman–Crippen MR) is 226 cm³/mol. The smallest absolute Gasteiger partial charge is 0.0500 e. The summed E-state index contributed by atoms with van der Waals surface area (Å²) < 4.78 is 0. The van der Waals surface area contributed by atoms with Crippen LogP contribution >= 0.6 is 0 Å². The van der Waals surface area contributed by atoms with Gasteiger partial charge in [0.2, 0.25) is 0 Å². The maximum atomic E-state index is 2.43. The van der Waals surface area contributed by atoms with Gasteiger partial charge in [0, 0.05) is 46.0 Å². The Morgan fingerprint density at radius 3 is 1.31 bits per heavy atom. The molecule has 0 amide bonds. The first-order valence-corrected chi connectivity index (χ1v) is 18.8. The second-order valence-corrected chi connectivity index (χ2v) is 14.1. The Morgan fingerprint density at radius 2 is 0.741 bits per heavy atom. The third-order valence-electron chi connectivity index (χ3n) is 11.1. The first-order valence-electron chi connectivity index (χ1n) is 18.8. The average Bonchev–Trinajstić information content (AvgIpc) is 3.26. The number of para-hydroxylation sites is 2. The molecule has 2 unspecified atom stereocenters. The SMILES string of the molecule is C1=CC2=C(N(c3ccccc3)c3ccc(-c4ccccc4)cc3)C=CC3=CC=C4C(N(c5ccccc5)c5ccc(-c6ccccc6)cc5)=CC=C1C4C32. The number of rotatable bonds is 8. The normalized spacial score (nSPS) is 17.9. The Bertz CT molecular complexity index is 2550. The van der Waals surface area contributed by atoms with Crippen molar-refractivity contribution in [1.82, 2.24) is 0 Å². The predicted octanol–water partition coefficient (Wildman–Crippen LogP) is 13.3. The van der Waals surface area contributed by atoms with Gasteiger partial charge in [-0.05, 0) is 105 Å². The van der Waals surface area contributed by atoms with Crippen LogP contribution in [0.2, 0.25) is 0 Å². The van der Waals surface area contributed by atoms with Gasteiger partial charge in [-0.15, -0.1) is 0 Å². The molecular weight excluding hydrogens is 653 g/mol. The zero-order valence-electron chi connectivity index (χ0n) is 29.8. The van der Waals surface area contributed by atoms with Crippen LogP contribution in [-0.4, -0.2) is 0 Å². The Balaban J connectivity index is 1.06. The lowest BCUT2D eigenvalue weighted by Gasteiger charge is -2.45. The molecule has 54 heavy (non-hydrogen) atoms. The van der Waals surface area contributed by atoms with Gasteiger partial charge in [0.15, 0.2) is 0 Å². The Hall–Kier alpha value is -6.90. The molecule has 0 aromatic heterocycles. The van der Waals surface area contributed by atoms with Crippen molar-refractivity contribution < 1.29 is 0 Å². The highest BCUT2D eigenvalue weighted by atomic mass is 15.2. The molecule has 0 fully saturated rings. The van der Waals surface area contributed by atoms with Crippen LogP contribution in [0.3, 0.4) is 0 Å². The van der Waals surface area contributed by atoms with Crippen LogP contribution in [-0.2, 0) is 0 Å². The largest absolute Gasteiger partial charge is 0.310 e. The lowest BCUT2D eigenvalue weighted by Crippen LogP contribution is -2.35. The van der Waals surface area contributed by atoms with E-state index in [1.165, 1.54) is 55.9 Å². The third-order valence-corrected chi connectivity index (χ3v) is 11.1. The van der Waals surface area contributed by atoms with Gasteiger partial charge in [0.05, 0.1) is 0 Å². The fraction of sp³-hybridized carbons (Fsp3) is 0.0385. The fourth-order valence-corrected chi connectivity index (χ4v) is 8.52. The van der Waals surface area contributed by atoms with Crippen LogP contribution in [0.1, 0.15) is 0 Å². The minimum Gasteiger partial charge on any atom is -0.310 e. The van der Waals surface area contributed by atoms with Crippen LogP contribution in [0.4, 0.5) is 22.7 Å². The fourth-order valence-electron chi connectivity index (χ4n) is 8.52. The van der Waals surface area contributed by atoms with E-state index in [9.17, 15) is 0 Å². The van der Waals surface area contributed by atoms with Gasteiger partial charge in [-0.25, -0.2) is 0 Å². The van der Waals surface area contributed by atoms with E-state index in [0.29, 0.717) is 0 Å². The summed E-state index contributed by atoms with van der Waals surface area (Å²) in [6, 6.07) is 60.8. The molecule has 0 aliphatic heterocycles. The van der Waals surface area contributed by atoms with Crippen LogP contribution in [0.15, 0.2) is 252 Å². The minimum absolute atomic E-state index is 0.192. The van der Waals surface area contributed by atoms with E-state index in [-0.39, 0.29) is 11.8 Å². The molecule has 2 atom stereocenters. The summed E-state index contributed by atoms with van der Waals surface area (Å²) in [5.74, 6) is 0.385. The van der Waals surface area contributed by atoms with Crippen LogP contribution < -0.4 is 9.80 Å². The molecule has 6 aromatic carbocycles. The summed E-state index contributed by atoms with van der Waals surface area (Å²) >= 11 is 0. The van der Waals surface area contributed by atoms with E-state index < -0.39 is 0 Å². The summed E-state index contributed by atoms with van der Waals surface area (Å²) in [5.41, 5.74) is 17.2. The van der Waals surface area contributed by atoms with E-state index in [1.807, 2.05) is 0 Å². The highest BCUT2D eigenvalue weighted by molar-refractivity contribution is 5.80. The average molecular weight is 691 g/mol. The van der Waals surface area contributed by atoms with Gasteiger partial charge >= 0.3 is 0 Å². The molecule has 0 saturated heterocycles. The van der Waals surface area contributed by atoms with Crippen molar-refractivity contribution in [3.63, 3.8) is 0 Å². The lowest BCUT2D eigenvalue weighted by molar-refractivity contribution is 0.551. The summed E-state index contributed by atoms with van der Waals surface area (Å²) in [6.07, 6.45) is 18.8. The molecule has 0 spiro atoms. The first kappa shape index (κ1) is 31.8. The van der Waals surface area contributed by atoms with Crippen molar-refractivity contribution in [3.8, 4) is 22.3 Å². The molecular formula is C52H38N2. The standard InChI is InChI=1S/C52H38N2/c1-5-13-37(14-6-1)39-21-29-45(30-22-39)53(43-17-9-3-10-18-43)49-35-27-41-26-34-48-50(36-28-42-25-33-47(49)51(41)52(42)48)54(44-19-11-4-12-20-44)46-31-23-40(24-32-46)38-15-7-2-8-16-38/h1-36,51-52H. The molecule has 256 valence electrons. The zero-order valence-corrected chi connectivity index (χ0v) is 29.8. The Kier molecular flexibility index (Phi) is 8.00. The van der Waals surface area contributed by atoms with Gasteiger partial charge in [-0.1, -0.05) is 158 Å². The van der Waals surface area contributed by atoms with Gasteiger partial charge in [-0.3, -0.25) is 0 Å².